The lowest BCUT2D eigenvalue weighted by atomic mass is 9.89. The van der Waals surface area contributed by atoms with E-state index in [1.807, 2.05) is 59.8 Å². The Kier molecular flexibility index (Phi) is 4.81. The van der Waals surface area contributed by atoms with Crippen molar-refractivity contribution in [2.75, 3.05) is 0 Å². The SMILES string of the molecule is CC(C)=CCc1c2c(c(O)c3c(=O)c4c(oc13)oc1c3c(c(O)cc14)OC(C)(C)C=C3)CCC(C)(C)O2. The van der Waals surface area contributed by atoms with Crippen LogP contribution in [0.5, 0.6) is 23.0 Å². The molecule has 0 saturated carbocycles. The van der Waals surface area contributed by atoms with Gasteiger partial charge in [-0.05, 0) is 79.0 Å². The van der Waals surface area contributed by atoms with Gasteiger partial charge in [0.25, 0.3) is 0 Å². The molecule has 0 atom stereocenters. The minimum absolute atomic E-state index is 0.0198. The van der Waals surface area contributed by atoms with Crippen LogP contribution in [0.25, 0.3) is 39.2 Å². The molecule has 2 aromatic heterocycles. The van der Waals surface area contributed by atoms with Gasteiger partial charge in [0.05, 0.1) is 5.56 Å². The summed E-state index contributed by atoms with van der Waals surface area (Å²) in [4.78, 5) is 14.0. The number of hydrogen-bond donors (Lipinski definition) is 2. The van der Waals surface area contributed by atoms with Crippen molar-refractivity contribution < 1.29 is 28.5 Å². The van der Waals surface area contributed by atoms with Crippen LogP contribution in [0.2, 0.25) is 0 Å². The molecule has 2 aromatic carbocycles. The molecule has 2 aliphatic heterocycles. The molecule has 0 radical (unpaired) electrons. The van der Waals surface area contributed by atoms with Crippen molar-refractivity contribution in [3.63, 3.8) is 0 Å². The van der Waals surface area contributed by atoms with Gasteiger partial charge in [-0.2, -0.15) is 0 Å². The zero-order valence-electron chi connectivity index (χ0n) is 21.9. The number of aromatic hydroxyl groups is 2. The molecule has 0 aliphatic carbocycles. The fourth-order valence-electron chi connectivity index (χ4n) is 5.27. The van der Waals surface area contributed by atoms with Crippen molar-refractivity contribution in [2.45, 2.75) is 72.0 Å². The Hall–Kier alpha value is -3.87. The lowest BCUT2D eigenvalue weighted by molar-refractivity contribution is 0.0827. The summed E-state index contributed by atoms with van der Waals surface area (Å²) in [5.41, 5.74) is 2.12. The van der Waals surface area contributed by atoms with Gasteiger partial charge in [0.2, 0.25) is 5.43 Å². The van der Waals surface area contributed by atoms with Crippen LogP contribution in [0.3, 0.4) is 0 Å². The van der Waals surface area contributed by atoms with Gasteiger partial charge in [-0.15, -0.1) is 0 Å². The average Bonchev–Trinajstić information content (AvgIpc) is 3.16. The highest BCUT2D eigenvalue weighted by molar-refractivity contribution is 6.11. The predicted molar refractivity (Wildman–Crippen MR) is 143 cm³/mol. The Morgan fingerprint density at radius 3 is 2.49 bits per heavy atom. The summed E-state index contributed by atoms with van der Waals surface area (Å²) >= 11 is 0. The van der Waals surface area contributed by atoms with Crippen LogP contribution in [-0.4, -0.2) is 21.4 Å². The van der Waals surface area contributed by atoms with Crippen molar-refractivity contribution in [3.8, 4) is 23.0 Å². The fraction of sp³-hybridized carbons (Fsp3) is 0.367. The lowest BCUT2D eigenvalue weighted by Crippen LogP contribution is -2.33. The maximum Gasteiger partial charge on any atom is 0.302 e. The van der Waals surface area contributed by atoms with E-state index < -0.39 is 16.6 Å². The van der Waals surface area contributed by atoms with Gasteiger partial charge in [-0.3, -0.25) is 4.79 Å². The highest BCUT2D eigenvalue weighted by Crippen LogP contribution is 2.48. The van der Waals surface area contributed by atoms with E-state index >= 15 is 0 Å². The molecule has 0 unspecified atom stereocenters. The number of rotatable bonds is 2. The molecule has 0 amide bonds. The molecule has 6 rings (SSSR count). The molecule has 0 spiro atoms. The molecule has 2 aliphatic rings. The second kappa shape index (κ2) is 7.57. The maximum absolute atomic E-state index is 14.0. The Morgan fingerprint density at radius 1 is 1.03 bits per heavy atom. The minimum Gasteiger partial charge on any atom is -0.507 e. The van der Waals surface area contributed by atoms with Crippen molar-refractivity contribution >= 4 is 39.2 Å². The number of benzene rings is 2. The predicted octanol–water partition coefficient (Wildman–Crippen LogP) is 6.90. The van der Waals surface area contributed by atoms with Crippen LogP contribution in [0.15, 0.2) is 37.4 Å². The molecule has 0 fully saturated rings. The van der Waals surface area contributed by atoms with Gasteiger partial charge < -0.3 is 28.5 Å². The summed E-state index contributed by atoms with van der Waals surface area (Å²) in [5, 5.41) is 22.8. The summed E-state index contributed by atoms with van der Waals surface area (Å²) in [7, 11) is 0. The third-order valence-corrected chi connectivity index (χ3v) is 7.22. The van der Waals surface area contributed by atoms with Crippen LogP contribution in [-0.2, 0) is 12.8 Å². The van der Waals surface area contributed by atoms with E-state index in [-0.39, 0.29) is 39.4 Å². The summed E-state index contributed by atoms with van der Waals surface area (Å²) in [6.45, 7) is 11.8. The smallest absolute Gasteiger partial charge is 0.302 e. The Morgan fingerprint density at radius 2 is 1.76 bits per heavy atom. The molecule has 4 heterocycles. The van der Waals surface area contributed by atoms with Crippen LogP contribution in [0.1, 0.15) is 64.7 Å². The third kappa shape index (κ3) is 3.51. The summed E-state index contributed by atoms with van der Waals surface area (Å²) in [6, 6.07) is 1.46. The van der Waals surface area contributed by atoms with Crippen molar-refractivity contribution in [3.05, 3.63) is 50.7 Å². The summed E-state index contributed by atoms with van der Waals surface area (Å²) < 4.78 is 24.7. The summed E-state index contributed by atoms with van der Waals surface area (Å²) in [6.07, 6.45) is 7.46. The van der Waals surface area contributed by atoms with Gasteiger partial charge in [0, 0.05) is 16.5 Å². The molecule has 37 heavy (non-hydrogen) atoms. The molecule has 0 saturated heterocycles. The number of phenolic OH excluding ortho intramolecular Hbond substituents is 2. The van der Waals surface area contributed by atoms with Crippen molar-refractivity contribution in [1.29, 1.82) is 0 Å². The first-order chi connectivity index (χ1) is 17.4. The van der Waals surface area contributed by atoms with E-state index in [9.17, 15) is 15.0 Å². The summed E-state index contributed by atoms with van der Waals surface area (Å²) in [5.74, 6) is 0.641. The fourth-order valence-corrected chi connectivity index (χ4v) is 5.27. The molecular formula is C30H30O7. The molecule has 7 nitrogen and oxygen atoms in total. The number of ether oxygens (including phenoxy) is 2. The van der Waals surface area contributed by atoms with Gasteiger partial charge >= 0.3 is 5.78 Å². The largest absolute Gasteiger partial charge is 0.507 e. The molecular weight excluding hydrogens is 472 g/mol. The normalized spacial score (nSPS) is 17.4. The van der Waals surface area contributed by atoms with Crippen molar-refractivity contribution in [1.82, 2.24) is 0 Å². The van der Waals surface area contributed by atoms with Crippen LogP contribution in [0.4, 0.5) is 0 Å². The Balaban J connectivity index is 1.74. The van der Waals surface area contributed by atoms with Gasteiger partial charge in [0.15, 0.2) is 22.7 Å². The Bertz CT molecular complexity index is 1750. The monoisotopic (exact) mass is 502 g/mol. The minimum atomic E-state index is -0.606. The van der Waals surface area contributed by atoms with Gasteiger partial charge in [-0.1, -0.05) is 11.6 Å². The second-order valence-electron chi connectivity index (χ2n) is 11.4. The number of furan rings is 1. The van der Waals surface area contributed by atoms with Crippen LogP contribution < -0.4 is 14.9 Å². The number of fused-ring (bicyclic) bond motifs is 7. The van der Waals surface area contributed by atoms with E-state index in [1.165, 1.54) is 6.07 Å². The van der Waals surface area contributed by atoms with Gasteiger partial charge in [-0.25, -0.2) is 0 Å². The first-order valence-electron chi connectivity index (χ1n) is 12.5. The maximum atomic E-state index is 14.0. The standard InChI is InChI=1S/C30H30O7/c1-14(2)7-8-16-25-15(9-11-29(3,4)36-25)22(32)21-23(33)20-18-13-19(31)26-17(10-12-30(5,6)37-26)24(18)34-28(20)35-27(16)21/h7,10,12-13,31-32H,8-9,11H2,1-6H3. The lowest BCUT2D eigenvalue weighted by Gasteiger charge is -2.34. The van der Waals surface area contributed by atoms with E-state index in [1.54, 1.807) is 0 Å². The zero-order chi connectivity index (χ0) is 26.4. The van der Waals surface area contributed by atoms with Crippen LogP contribution in [0, 0.1) is 0 Å². The van der Waals surface area contributed by atoms with E-state index in [0.717, 1.165) is 5.57 Å². The highest BCUT2D eigenvalue weighted by Gasteiger charge is 2.35. The molecule has 7 heteroatoms. The number of hydrogen-bond acceptors (Lipinski definition) is 7. The number of allylic oxidation sites excluding steroid dienone is 2. The molecule has 2 N–H and O–H groups in total. The topological polar surface area (TPSA) is 102 Å². The first kappa shape index (κ1) is 23.5. The quantitative estimate of drug-likeness (QED) is 0.287. The van der Waals surface area contributed by atoms with E-state index in [0.29, 0.717) is 52.7 Å². The molecule has 192 valence electrons. The average molecular weight is 503 g/mol. The van der Waals surface area contributed by atoms with Crippen LogP contribution >= 0.6 is 0 Å². The third-order valence-electron chi connectivity index (χ3n) is 7.22. The number of phenols is 2. The Labute approximate surface area is 213 Å². The van der Waals surface area contributed by atoms with E-state index in [2.05, 4.69) is 0 Å². The van der Waals surface area contributed by atoms with E-state index in [4.69, 9.17) is 18.3 Å². The van der Waals surface area contributed by atoms with Crippen molar-refractivity contribution in [2.24, 2.45) is 0 Å². The molecule has 0 bridgehead atoms. The zero-order valence-corrected chi connectivity index (χ0v) is 21.9. The second-order valence-corrected chi connectivity index (χ2v) is 11.4. The van der Waals surface area contributed by atoms with Gasteiger partial charge in [0.1, 0.15) is 33.5 Å². The highest BCUT2D eigenvalue weighted by atomic mass is 16.5. The first-order valence-corrected chi connectivity index (χ1v) is 12.5. The molecule has 4 aromatic rings.